The number of anilines is 1. The first-order valence-electron chi connectivity index (χ1n) is 9.64. The Kier molecular flexibility index (Phi) is 5.86. The van der Waals surface area contributed by atoms with Crippen LogP contribution in [0.3, 0.4) is 0 Å². The lowest BCUT2D eigenvalue weighted by molar-refractivity contribution is -0.118. The number of para-hydroxylation sites is 1. The van der Waals surface area contributed by atoms with Crippen LogP contribution in [-0.4, -0.2) is 43.8 Å². The summed E-state index contributed by atoms with van der Waals surface area (Å²) < 4.78 is 45.8. The summed E-state index contributed by atoms with van der Waals surface area (Å²) in [5.41, 5.74) is 0.747. The lowest BCUT2D eigenvalue weighted by Crippen LogP contribution is -2.45. The molecule has 2 atom stereocenters. The fourth-order valence-electron chi connectivity index (χ4n) is 3.41. The third-order valence-electron chi connectivity index (χ3n) is 5.15. The SMILES string of the molecule is CC(C(=O)N(CC1CCCO1)c1nc2ccccc2s1)S(=O)(=O)c1ccc(F)cc1. The molecule has 0 bridgehead atoms. The second-order valence-electron chi connectivity index (χ2n) is 7.19. The molecule has 1 saturated heterocycles. The van der Waals surface area contributed by atoms with Gasteiger partial charge in [-0.3, -0.25) is 9.69 Å². The van der Waals surface area contributed by atoms with Gasteiger partial charge < -0.3 is 4.74 Å². The zero-order valence-electron chi connectivity index (χ0n) is 16.3. The van der Waals surface area contributed by atoms with E-state index in [1.165, 1.54) is 35.3 Å². The van der Waals surface area contributed by atoms with Gasteiger partial charge in [0.2, 0.25) is 5.91 Å². The zero-order chi connectivity index (χ0) is 21.3. The van der Waals surface area contributed by atoms with Gasteiger partial charge in [-0.25, -0.2) is 17.8 Å². The summed E-state index contributed by atoms with van der Waals surface area (Å²) >= 11 is 1.34. The number of thiazole rings is 1. The number of ether oxygens (including phenoxy) is 1. The molecule has 4 rings (SSSR count). The molecule has 2 unspecified atom stereocenters. The first-order chi connectivity index (χ1) is 14.4. The molecule has 2 heterocycles. The third-order valence-corrected chi connectivity index (χ3v) is 8.27. The number of carbonyl (C=O) groups excluding carboxylic acids is 1. The Morgan fingerprint density at radius 1 is 1.27 bits per heavy atom. The highest BCUT2D eigenvalue weighted by atomic mass is 32.2. The van der Waals surface area contributed by atoms with E-state index in [9.17, 15) is 17.6 Å². The summed E-state index contributed by atoms with van der Waals surface area (Å²) in [7, 11) is -3.99. The number of hydrogen-bond donors (Lipinski definition) is 0. The minimum atomic E-state index is -3.99. The van der Waals surface area contributed by atoms with E-state index in [1.54, 1.807) is 0 Å². The van der Waals surface area contributed by atoms with Gasteiger partial charge in [-0.1, -0.05) is 23.5 Å². The molecule has 0 radical (unpaired) electrons. The summed E-state index contributed by atoms with van der Waals surface area (Å²) in [6.07, 6.45) is 1.53. The quantitative estimate of drug-likeness (QED) is 0.536. The smallest absolute Gasteiger partial charge is 0.247 e. The number of amides is 1. The van der Waals surface area contributed by atoms with Gasteiger partial charge in [0.15, 0.2) is 15.0 Å². The van der Waals surface area contributed by atoms with Crippen molar-refractivity contribution in [1.29, 1.82) is 0 Å². The molecule has 2 aromatic carbocycles. The Balaban J connectivity index is 1.68. The molecule has 1 amide bonds. The highest BCUT2D eigenvalue weighted by Crippen LogP contribution is 2.31. The maximum atomic E-state index is 13.4. The molecule has 0 saturated carbocycles. The Morgan fingerprint density at radius 2 is 2.00 bits per heavy atom. The first-order valence-corrected chi connectivity index (χ1v) is 12.0. The van der Waals surface area contributed by atoms with Crippen LogP contribution in [0.5, 0.6) is 0 Å². The van der Waals surface area contributed by atoms with Crippen LogP contribution in [0.1, 0.15) is 19.8 Å². The number of fused-ring (bicyclic) bond motifs is 1. The Labute approximate surface area is 178 Å². The predicted molar refractivity (Wildman–Crippen MR) is 114 cm³/mol. The van der Waals surface area contributed by atoms with Crippen LogP contribution in [0, 0.1) is 5.82 Å². The molecule has 1 aliphatic rings. The minimum absolute atomic E-state index is 0.0916. The minimum Gasteiger partial charge on any atom is -0.376 e. The van der Waals surface area contributed by atoms with E-state index in [2.05, 4.69) is 4.98 Å². The number of rotatable bonds is 6. The van der Waals surface area contributed by atoms with Crippen molar-refractivity contribution in [2.45, 2.75) is 36.0 Å². The summed E-state index contributed by atoms with van der Waals surface area (Å²) in [5.74, 6) is -1.11. The summed E-state index contributed by atoms with van der Waals surface area (Å²) in [5, 5.41) is -0.908. The van der Waals surface area contributed by atoms with Crippen molar-refractivity contribution < 1.29 is 22.3 Å². The number of benzene rings is 2. The van der Waals surface area contributed by atoms with Gasteiger partial charge in [-0.15, -0.1) is 0 Å². The van der Waals surface area contributed by atoms with Gasteiger partial charge in [-0.2, -0.15) is 0 Å². The molecule has 1 fully saturated rings. The van der Waals surface area contributed by atoms with E-state index >= 15 is 0 Å². The van der Waals surface area contributed by atoms with Gasteiger partial charge in [0, 0.05) is 6.61 Å². The molecule has 0 spiro atoms. The van der Waals surface area contributed by atoms with Crippen molar-refractivity contribution >= 4 is 42.4 Å². The van der Waals surface area contributed by atoms with E-state index in [0.717, 1.165) is 35.2 Å². The van der Waals surface area contributed by atoms with Gasteiger partial charge >= 0.3 is 0 Å². The normalized spacial score (nSPS) is 17.9. The lowest BCUT2D eigenvalue weighted by Gasteiger charge is -2.25. The van der Waals surface area contributed by atoms with E-state index in [4.69, 9.17) is 4.74 Å². The van der Waals surface area contributed by atoms with Gasteiger partial charge in [0.25, 0.3) is 0 Å². The molecule has 158 valence electrons. The van der Waals surface area contributed by atoms with Crippen molar-refractivity contribution in [1.82, 2.24) is 4.98 Å². The standard InChI is InChI=1S/C21H21FN2O4S2/c1-14(30(26,27)17-10-8-15(22)9-11-17)20(25)24(13-16-5-4-12-28-16)21-23-18-6-2-3-7-19(18)29-21/h2-3,6-11,14,16H,4-5,12-13H2,1H3. The number of nitrogens with zero attached hydrogens (tertiary/aromatic N) is 2. The van der Waals surface area contributed by atoms with Crippen LogP contribution < -0.4 is 4.90 Å². The Bertz CT molecular complexity index is 1120. The molecule has 1 aromatic heterocycles. The van der Waals surface area contributed by atoms with Crippen LogP contribution >= 0.6 is 11.3 Å². The summed E-state index contributed by atoms with van der Waals surface area (Å²) in [4.78, 5) is 19.3. The van der Waals surface area contributed by atoms with E-state index in [1.807, 2.05) is 24.3 Å². The third kappa shape index (κ3) is 4.10. The maximum Gasteiger partial charge on any atom is 0.247 e. The highest BCUT2D eigenvalue weighted by Gasteiger charge is 2.36. The van der Waals surface area contributed by atoms with Crippen molar-refractivity contribution in [3.63, 3.8) is 0 Å². The van der Waals surface area contributed by atoms with E-state index < -0.39 is 26.8 Å². The number of halogens is 1. The van der Waals surface area contributed by atoms with Gasteiger partial charge in [-0.05, 0) is 56.2 Å². The highest BCUT2D eigenvalue weighted by molar-refractivity contribution is 7.92. The number of aromatic nitrogens is 1. The largest absolute Gasteiger partial charge is 0.376 e. The van der Waals surface area contributed by atoms with Crippen LogP contribution in [0.15, 0.2) is 53.4 Å². The molecule has 0 N–H and O–H groups in total. The summed E-state index contributed by atoms with van der Waals surface area (Å²) in [6, 6.07) is 12.0. The molecule has 30 heavy (non-hydrogen) atoms. The fraction of sp³-hybridized carbons (Fsp3) is 0.333. The monoisotopic (exact) mass is 448 g/mol. The fourth-order valence-corrected chi connectivity index (χ4v) is 5.71. The predicted octanol–water partition coefficient (Wildman–Crippen LogP) is 3.81. The van der Waals surface area contributed by atoms with Crippen molar-refractivity contribution in [2.75, 3.05) is 18.1 Å². The topological polar surface area (TPSA) is 76.6 Å². The molecule has 6 nitrogen and oxygen atoms in total. The van der Waals surface area contributed by atoms with Crippen LogP contribution in [0.25, 0.3) is 10.2 Å². The van der Waals surface area contributed by atoms with Crippen LogP contribution in [0.2, 0.25) is 0 Å². The van der Waals surface area contributed by atoms with E-state index in [-0.39, 0.29) is 17.5 Å². The molecule has 1 aliphatic heterocycles. The second kappa shape index (κ2) is 8.41. The number of carbonyl (C=O) groups is 1. The molecular formula is C21H21FN2O4S2. The zero-order valence-corrected chi connectivity index (χ0v) is 18.0. The number of sulfone groups is 1. The first kappa shape index (κ1) is 20.9. The van der Waals surface area contributed by atoms with Gasteiger partial charge in [0.1, 0.15) is 11.1 Å². The van der Waals surface area contributed by atoms with Crippen LogP contribution in [0.4, 0.5) is 9.52 Å². The summed E-state index contributed by atoms with van der Waals surface area (Å²) in [6.45, 7) is 2.22. The van der Waals surface area contributed by atoms with Crippen molar-refractivity contribution in [3.05, 3.63) is 54.3 Å². The maximum absolute atomic E-state index is 13.4. The molecular weight excluding hydrogens is 427 g/mol. The number of hydrogen-bond acceptors (Lipinski definition) is 6. The Morgan fingerprint density at radius 3 is 2.67 bits per heavy atom. The molecule has 9 heteroatoms. The van der Waals surface area contributed by atoms with Gasteiger partial charge in [0.05, 0.1) is 27.8 Å². The average molecular weight is 449 g/mol. The van der Waals surface area contributed by atoms with Crippen LogP contribution in [-0.2, 0) is 19.4 Å². The second-order valence-corrected chi connectivity index (χ2v) is 10.5. The molecule has 0 aliphatic carbocycles. The van der Waals surface area contributed by atoms with Crippen molar-refractivity contribution in [3.8, 4) is 0 Å². The van der Waals surface area contributed by atoms with E-state index in [0.29, 0.717) is 11.7 Å². The lowest BCUT2D eigenvalue weighted by atomic mass is 10.2. The average Bonchev–Trinajstić information content (AvgIpc) is 3.40. The Hall–Kier alpha value is -2.36. The van der Waals surface area contributed by atoms with Crippen molar-refractivity contribution in [2.24, 2.45) is 0 Å². The molecule has 3 aromatic rings.